The van der Waals surface area contributed by atoms with Crippen LogP contribution >= 0.6 is 0 Å². The number of nitrogens with zero attached hydrogens (tertiary/aromatic N) is 2. The topological polar surface area (TPSA) is 38.0 Å². The highest BCUT2D eigenvalue weighted by Gasteiger charge is 2.16. The van der Waals surface area contributed by atoms with Crippen molar-refractivity contribution in [2.24, 2.45) is 0 Å². The second-order valence-corrected chi connectivity index (χ2v) is 4.39. The Morgan fingerprint density at radius 2 is 2.22 bits per heavy atom. The first-order valence-corrected chi connectivity index (χ1v) is 6.08. The molecule has 0 bridgehead atoms. The standard InChI is InChI=1S/C14H17FN2O/c1-3-7-17-8-6-16-14(17)13(18)11-4-5-12(15)10(2)9-11/h4-6,8-9,13,18H,3,7H2,1-2H3. The van der Waals surface area contributed by atoms with Gasteiger partial charge in [0.05, 0.1) is 0 Å². The van der Waals surface area contributed by atoms with Gasteiger partial charge >= 0.3 is 0 Å². The number of imidazole rings is 1. The first-order valence-electron chi connectivity index (χ1n) is 6.08. The SMILES string of the molecule is CCCn1ccnc1C(O)c1ccc(F)c(C)c1. The Hall–Kier alpha value is -1.68. The molecule has 0 spiro atoms. The highest BCUT2D eigenvalue weighted by Crippen LogP contribution is 2.22. The summed E-state index contributed by atoms with van der Waals surface area (Å²) in [6.07, 6.45) is 3.67. The molecule has 1 atom stereocenters. The minimum absolute atomic E-state index is 0.261. The van der Waals surface area contributed by atoms with Gasteiger partial charge in [0.2, 0.25) is 0 Å². The van der Waals surface area contributed by atoms with E-state index in [1.807, 2.05) is 10.8 Å². The van der Waals surface area contributed by atoms with Crippen LogP contribution in [-0.4, -0.2) is 14.7 Å². The summed E-state index contributed by atoms with van der Waals surface area (Å²) < 4.78 is 15.1. The van der Waals surface area contributed by atoms with E-state index < -0.39 is 6.10 Å². The van der Waals surface area contributed by atoms with Crippen molar-refractivity contribution >= 4 is 0 Å². The van der Waals surface area contributed by atoms with Crippen LogP contribution in [0.4, 0.5) is 4.39 Å². The van der Waals surface area contributed by atoms with Crippen molar-refractivity contribution in [3.05, 3.63) is 53.4 Å². The van der Waals surface area contributed by atoms with E-state index in [4.69, 9.17) is 0 Å². The molecular weight excluding hydrogens is 231 g/mol. The molecule has 0 aliphatic heterocycles. The van der Waals surface area contributed by atoms with Crippen LogP contribution in [0, 0.1) is 12.7 Å². The number of aryl methyl sites for hydroxylation is 2. The zero-order chi connectivity index (χ0) is 13.1. The van der Waals surface area contributed by atoms with Crippen molar-refractivity contribution < 1.29 is 9.50 Å². The van der Waals surface area contributed by atoms with Crippen molar-refractivity contribution in [2.75, 3.05) is 0 Å². The third-order valence-corrected chi connectivity index (χ3v) is 2.95. The first kappa shape index (κ1) is 12.8. The molecule has 0 saturated heterocycles. The van der Waals surface area contributed by atoms with Gasteiger partial charge in [0, 0.05) is 18.9 Å². The smallest absolute Gasteiger partial charge is 0.142 e. The number of hydrogen-bond acceptors (Lipinski definition) is 2. The Bertz CT molecular complexity index is 536. The fourth-order valence-corrected chi connectivity index (χ4v) is 1.99. The predicted molar refractivity (Wildman–Crippen MR) is 67.7 cm³/mol. The van der Waals surface area contributed by atoms with E-state index in [2.05, 4.69) is 11.9 Å². The van der Waals surface area contributed by atoms with E-state index in [0.717, 1.165) is 13.0 Å². The summed E-state index contributed by atoms with van der Waals surface area (Å²) in [7, 11) is 0. The lowest BCUT2D eigenvalue weighted by molar-refractivity contribution is 0.204. The molecule has 0 aliphatic carbocycles. The molecular formula is C14H17FN2O. The Morgan fingerprint density at radius 3 is 2.89 bits per heavy atom. The quantitative estimate of drug-likeness (QED) is 0.903. The summed E-state index contributed by atoms with van der Waals surface area (Å²) in [5.74, 6) is 0.339. The van der Waals surface area contributed by atoms with E-state index >= 15 is 0 Å². The molecule has 0 amide bonds. The number of hydrogen-bond donors (Lipinski definition) is 1. The van der Waals surface area contributed by atoms with Gasteiger partial charge in [-0.3, -0.25) is 0 Å². The Morgan fingerprint density at radius 1 is 1.44 bits per heavy atom. The maximum absolute atomic E-state index is 13.2. The minimum Gasteiger partial charge on any atom is -0.380 e. The molecule has 0 saturated carbocycles. The average Bonchev–Trinajstić information content (AvgIpc) is 2.80. The van der Waals surface area contributed by atoms with E-state index in [9.17, 15) is 9.50 Å². The zero-order valence-corrected chi connectivity index (χ0v) is 10.6. The van der Waals surface area contributed by atoms with E-state index in [1.54, 1.807) is 25.3 Å². The molecule has 1 aromatic heterocycles. The number of aromatic nitrogens is 2. The normalized spacial score (nSPS) is 12.7. The van der Waals surface area contributed by atoms with Crippen molar-refractivity contribution in [2.45, 2.75) is 32.9 Å². The molecule has 1 heterocycles. The molecule has 2 rings (SSSR count). The van der Waals surface area contributed by atoms with Gasteiger partial charge in [0.1, 0.15) is 17.7 Å². The number of aliphatic hydroxyl groups is 1. The fourth-order valence-electron chi connectivity index (χ4n) is 1.99. The molecule has 1 aromatic carbocycles. The second-order valence-electron chi connectivity index (χ2n) is 4.39. The third kappa shape index (κ3) is 2.43. The second kappa shape index (κ2) is 5.31. The van der Waals surface area contributed by atoms with Gasteiger partial charge in [-0.25, -0.2) is 9.37 Å². The van der Waals surface area contributed by atoms with E-state index in [0.29, 0.717) is 17.0 Å². The van der Waals surface area contributed by atoms with Gasteiger partial charge in [-0.2, -0.15) is 0 Å². The van der Waals surface area contributed by atoms with E-state index in [1.165, 1.54) is 6.07 Å². The minimum atomic E-state index is -0.814. The highest BCUT2D eigenvalue weighted by molar-refractivity contribution is 5.28. The lowest BCUT2D eigenvalue weighted by Crippen LogP contribution is -2.10. The fraction of sp³-hybridized carbons (Fsp3) is 0.357. The lowest BCUT2D eigenvalue weighted by atomic mass is 10.1. The van der Waals surface area contributed by atoms with Crippen molar-refractivity contribution in [3.8, 4) is 0 Å². The van der Waals surface area contributed by atoms with Gasteiger partial charge in [-0.05, 0) is 30.5 Å². The summed E-state index contributed by atoms with van der Waals surface area (Å²) in [6, 6.07) is 4.63. The maximum Gasteiger partial charge on any atom is 0.142 e. The van der Waals surface area contributed by atoms with Gasteiger partial charge < -0.3 is 9.67 Å². The average molecular weight is 248 g/mol. The summed E-state index contributed by atoms with van der Waals surface area (Å²) in [5, 5.41) is 10.3. The largest absolute Gasteiger partial charge is 0.380 e. The van der Waals surface area contributed by atoms with Gasteiger partial charge in [0.25, 0.3) is 0 Å². The van der Waals surface area contributed by atoms with Crippen molar-refractivity contribution in [3.63, 3.8) is 0 Å². The Kier molecular flexibility index (Phi) is 3.77. The maximum atomic E-state index is 13.2. The summed E-state index contributed by atoms with van der Waals surface area (Å²) in [4.78, 5) is 4.18. The molecule has 1 unspecified atom stereocenters. The summed E-state index contributed by atoms with van der Waals surface area (Å²) in [6.45, 7) is 4.56. The Balaban J connectivity index is 2.32. The number of rotatable bonds is 4. The number of aliphatic hydroxyl groups excluding tert-OH is 1. The number of benzene rings is 1. The number of halogens is 1. The van der Waals surface area contributed by atoms with Crippen LogP contribution in [0.15, 0.2) is 30.6 Å². The van der Waals surface area contributed by atoms with Gasteiger partial charge in [-0.15, -0.1) is 0 Å². The molecule has 0 fully saturated rings. The van der Waals surface area contributed by atoms with Crippen LogP contribution in [0.2, 0.25) is 0 Å². The molecule has 18 heavy (non-hydrogen) atoms. The van der Waals surface area contributed by atoms with Crippen LogP contribution < -0.4 is 0 Å². The predicted octanol–water partition coefficient (Wildman–Crippen LogP) is 2.82. The monoisotopic (exact) mass is 248 g/mol. The third-order valence-electron chi connectivity index (χ3n) is 2.95. The van der Waals surface area contributed by atoms with Gasteiger partial charge in [0.15, 0.2) is 0 Å². The summed E-state index contributed by atoms with van der Waals surface area (Å²) in [5.41, 5.74) is 1.19. The molecule has 2 aromatic rings. The van der Waals surface area contributed by atoms with Crippen molar-refractivity contribution in [1.82, 2.24) is 9.55 Å². The Labute approximate surface area is 106 Å². The first-order chi connectivity index (χ1) is 8.63. The van der Waals surface area contributed by atoms with E-state index in [-0.39, 0.29) is 5.82 Å². The van der Waals surface area contributed by atoms with Crippen molar-refractivity contribution in [1.29, 1.82) is 0 Å². The van der Waals surface area contributed by atoms with Crippen LogP contribution in [0.25, 0.3) is 0 Å². The highest BCUT2D eigenvalue weighted by atomic mass is 19.1. The summed E-state index contributed by atoms with van der Waals surface area (Å²) >= 11 is 0. The van der Waals surface area contributed by atoms with Crippen LogP contribution in [0.5, 0.6) is 0 Å². The molecule has 0 aliphatic rings. The molecule has 0 radical (unpaired) electrons. The zero-order valence-electron chi connectivity index (χ0n) is 10.6. The van der Waals surface area contributed by atoms with Crippen LogP contribution in [0.3, 0.4) is 0 Å². The molecule has 96 valence electrons. The molecule has 4 heteroatoms. The van der Waals surface area contributed by atoms with Crippen LogP contribution in [0.1, 0.15) is 36.4 Å². The van der Waals surface area contributed by atoms with Crippen LogP contribution in [-0.2, 0) is 6.54 Å². The molecule has 1 N–H and O–H groups in total. The van der Waals surface area contributed by atoms with Gasteiger partial charge in [-0.1, -0.05) is 19.1 Å². The lowest BCUT2D eigenvalue weighted by Gasteiger charge is -2.13. The molecule has 3 nitrogen and oxygen atoms in total.